The predicted molar refractivity (Wildman–Crippen MR) is 77.8 cm³/mol. The lowest BCUT2D eigenvalue weighted by Crippen LogP contribution is -2.43. The minimum atomic E-state index is 0.284. The number of halogens is 1. The van der Waals surface area contributed by atoms with Crippen molar-refractivity contribution >= 4 is 11.6 Å². The second-order valence-electron chi connectivity index (χ2n) is 5.45. The lowest BCUT2D eigenvalue weighted by Gasteiger charge is -2.38. The fourth-order valence-electron chi connectivity index (χ4n) is 2.83. The number of hydrogen-bond acceptors (Lipinski definition) is 2. The molecular formula is C15H23ClN2. The number of piperidine rings is 1. The van der Waals surface area contributed by atoms with Crippen LogP contribution in [0.3, 0.4) is 0 Å². The summed E-state index contributed by atoms with van der Waals surface area (Å²) in [6, 6.07) is 8.80. The van der Waals surface area contributed by atoms with E-state index in [0.717, 1.165) is 18.1 Å². The average Bonchev–Trinajstić information content (AvgIpc) is 2.38. The Labute approximate surface area is 115 Å². The van der Waals surface area contributed by atoms with E-state index in [-0.39, 0.29) is 6.04 Å². The molecule has 0 amide bonds. The third kappa shape index (κ3) is 3.05. The molecule has 0 bridgehead atoms. The fourth-order valence-corrected chi connectivity index (χ4v) is 3.13. The van der Waals surface area contributed by atoms with Crippen LogP contribution in [-0.4, -0.2) is 24.0 Å². The third-order valence-electron chi connectivity index (χ3n) is 4.14. The highest BCUT2D eigenvalue weighted by Crippen LogP contribution is 2.31. The minimum Gasteiger partial charge on any atom is -0.328 e. The van der Waals surface area contributed by atoms with E-state index in [2.05, 4.69) is 30.9 Å². The Hall–Kier alpha value is -0.570. The summed E-state index contributed by atoms with van der Waals surface area (Å²) in [6.07, 6.45) is 2.49. The molecule has 100 valence electrons. The van der Waals surface area contributed by atoms with Crippen molar-refractivity contribution in [3.63, 3.8) is 0 Å². The Morgan fingerprint density at radius 2 is 2.06 bits per heavy atom. The molecule has 3 atom stereocenters. The molecule has 3 heteroatoms. The van der Waals surface area contributed by atoms with Crippen LogP contribution in [0.1, 0.15) is 38.3 Å². The first kappa shape index (κ1) is 13.9. The normalized spacial score (nSPS) is 24.8. The molecule has 18 heavy (non-hydrogen) atoms. The molecule has 2 rings (SSSR count). The van der Waals surface area contributed by atoms with Crippen molar-refractivity contribution in [3.05, 3.63) is 34.9 Å². The Morgan fingerprint density at radius 1 is 1.33 bits per heavy atom. The van der Waals surface area contributed by atoms with Gasteiger partial charge in [0.15, 0.2) is 0 Å². The van der Waals surface area contributed by atoms with Gasteiger partial charge in [-0.2, -0.15) is 0 Å². The molecule has 1 aromatic rings. The van der Waals surface area contributed by atoms with Crippen molar-refractivity contribution in [2.24, 2.45) is 11.7 Å². The monoisotopic (exact) mass is 266 g/mol. The standard InChI is InChI=1S/C15H23ClN2/c1-11(17)13-6-5-9-18(10-13)12(2)14-7-3-4-8-15(14)16/h3-4,7-8,11-13H,5-6,9-10,17H2,1-2H3. The summed E-state index contributed by atoms with van der Waals surface area (Å²) in [7, 11) is 0. The van der Waals surface area contributed by atoms with E-state index in [1.165, 1.54) is 18.4 Å². The van der Waals surface area contributed by atoms with Gasteiger partial charge in [-0.3, -0.25) is 4.90 Å². The highest BCUT2D eigenvalue weighted by atomic mass is 35.5. The zero-order valence-electron chi connectivity index (χ0n) is 11.3. The zero-order valence-corrected chi connectivity index (χ0v) is 12.0. The summed E-state index contributed by atoms with van der Waals surface area (Å²) in [4.78, 5) is 2.51. The molecule has 1 aliphatic rings. The van der Waals surface area contributed by atoms with E-state index in [9.17, 15) is 0 Å². The molecular weight excluding hydrogens is 244 g/mol. The Bertz CT molecular complexity index is 392. The molecule has 0 aromatic heterocycles. The first-order valence-electron chi connectivity index (χ1n) is 6.83. The van der Waals surface area contributed by atoms with E-state index in [4.69, 9.17) is 17.3 Å². The highest BCUT2D eigenvalue weighted by Gasteiger charge is 2.26. The van der Waals surface area contributed by atoms with Gasteiger partial charge < -0.3 is 5.73 Å². The summed E-state index contributed by atoms with van der Waals surface area (Å²) < 4.78 is 0. The van der Waals surface area contributed by atoms with Crippen molar-refractivity contribution in [2.75, 3.05) is 13.1 Å². The molecule has 0 aliphatic carbocycles. The summed E-state index contributed by atoms with van der Waals surface area (Å²) in [5, 5.41) is 0.868. The lowest BCUT2D eigenvalue weighted by molar-refractivity contribution is 0.121. The molecule has 3 unspecified atom stereocenters. The van der Waals surface area contributed by atoms with Crippen LogP contribution in [0.5, 0.6) is 0 Å². The van der Waals surface area contributed by atoms with Gasteiger partial charge in [-0.25, -0.2) is 0 Å². The van der Waals surface area contributed by atoms with Crippen LogP contribution in [0.25, 0.3) is 0 Å². The summed E-state index contributed by atoms with van der Waals surface area (Å²) in [5.74, 6) is 0.615. The predicted octanol–water partition coefficient (Wildman–Crippen LogP) is 3.46. The lowest BCUT2D eigenvalue weighted by atomic mass is 9.90. The van der Waals surface area contributed by atoms with Crippen LogP contribution in [0, 0.1) is 5.92 Å². The smallest absolute Gasteiger partial charge is 0.0453 e. The van der Waals surface area contributed by atoms with E-state index in [1.807, 2.05) is 12.1 Å². The van der Waals surface area contributed by atoms with Crippen LogP contribution in [0.2, 0.25) is 5.02 Å². The third-order valence-corrected chi connectivity index (χ3v) is 4.48. The van der Waals surface area contributed by atoms with Crippen molar-refractivity contribution in [3.8, 4) is 0 Å². The second kappa shape index (κ2) is 6.05. The molecule has 1 aliphatic heterocycles. The van der Waals surface area contributed by atoms with E-state index < -0.39 is 0 Å². The largest absolute Gasteiger partial charge is 0.328 e. The van der Waals surface area contributed by atoms with Crippen LogP contribution < -0.4 is 5.73 Å². The van der Waals surface area contributed by atoms with Gasteiger partial charge in [0.1, 0.15) is 0 Å². The summed E-state index contributed by atoms with van der Waals surface area (Å²) in [5.41, 5.74) is 7.27. The van der Waals surface area contributed by atoms with Gasteiger partial charge in [-0.05, 0) is 50.8 Å². The number of benzene rings is 1. The van der Waals surface area contributed by atoms with Crippen LogP contribution in [0.15, 0.2) is 24.3 Å². The zero-order chi connectivity index (χ0) is 13.1. The second-order valence-corrected chi connectivity index (χ2v) is 5.86. The van der Waals surface area contributed by atoms with E-state index in [0.29, 0.717) is 12.0 Å². The number of hydrogen-bond donors (Lipinski definition) is 1. The Morgan fingerprint density at radius 3 is 2.72 bits per heavy atom. The fraction of sp³-hybridized carbons (Fsp3) is 0.600. The van der Waals surface area contributed by atoms with Gasteiger partial charge >= 0.3 is 0 Å². The maximum absolute atomic E-state index is 6.29. The SMILES string of the molecule is CC(N)C1CCCN(C(C)c2ccccc2Cl)C1. The van der Waals surface area contributed by atoms with Gasteiger partial charge in [0.05, 0.1) is 0 Å². The molecule has 2 nitrogen and oxygen atoms in total. The van der Waals surface area contributed by atoms with E-state index >= 15 is 0 Å². The molecule has 2 N–H and O–H groups in total. The molecule has 1 aromatic carbocycles. The molecule has 0 spiro atoms. The van der Waals surface area contributed by atoms with Crippen molar-refractivity contribution < 1.29 is 0 Å². The summed E-state index contributed by atoms with van der Waals surface area (Å²) >= 11 is 6.29. The molecule has 1 heterocycles. The van der Waals surface area contributed by atoms with Gasteiger partial charge in [0.2, 0.25) is 0 Å². The van der Waals surface area contributed by atoms with Gasteiger partial charge in [0, 0.05) is 23.7 Å². The van der Waals surface area contributed by atoms with E-state index in [1.54, 1.807) is 0 Å². The maximum Gasteiger partial charge on any atom is 0.0453 e. The van der Waals surface area contributed by atoms with Gasteiger partial charge in [0.25, 0.3) is 0 Å². The molecule has 0 saturated carbocycles. The van der Waals surface area contributed by atoms with Crippen molar-refractivity contribution in [2.45, 2.75) is 38.8 Å². The Balaban J connectivity index is 2.09. The maximum atomic E-state index is 6.29. The van der Waals surface area contributed by atoms with Crippen molar-refractivity contribution in [1.82, 2.24) is 4.90 Å². The van der Waals surface area contributed by atoms with Crippen LogP contribution >= 0.6 is 11.6 Å². The van der Waals surface area contributed by atoms with Crippen LogP contribution in [0.4, 0.5) is 0 Å². The Kier molecular flexibility index (Phi) is 4.66. The molecule has 1 saturated heterocycles. The van der Waals surface area contributed by atoms with Crippen molar-refractivity contribution in [1.29, 1.82) is 0 Å². The topological polar surface area (TPSA) is 29.3 Å². The van der Waals surface area contributed by atoms with Gasteiger partial charge in [-0.15, -0.1) is 0 Å². The first-order chi connectivity index (χ1) is 8.59. The quantitative estimate of drug-likeness (QED) is 0.908. The number of nitrogens with zero attached hydrogens (tertiary/aromatic N) is 1. The first-order valence-corrected chi connectivity index (χ1v) is 7.21. The number of nitrogens with two attached hydrogens (primary N) is 1. The highest BCUT2D eigenvalue weighted by molar-refractivity contribution is 6.31. The molecule has 0 radical (unpaired) electrons. The average molecular weight is 267 g/mol. The number of rotatable bonds is 3. The minimum absolute atomic E-state index is 0.284. The molecule has 1 fully saturated rings. The van der Waals surface area contributed by atoms with Crippen LogP contribution in [-0.2, 0) is 0 Å². The number of likely N-dealkylation sites (tertiary alicyclic amines) is 1. The van der Waals surface area contributed by atoms with Gasteiger partial charge in [-0.1, -0.05) is 29.8 Å². The summed E-state index contributed by atoms with van der Waals surface area (Å²) in [6.45, 7) is 6.60.